The van der Waals surface area contributed by atoms with E-state index in [1.54, 1.807) is 6.92 Å². The van der Waals surface area contributed by atoms with Crippen LogP contribution in [0.5, 0.6) is 11.5 Å². The lowest BCUT2D eigenvalue weighted by molar-refractivity contribution is -0.131. The van der Waals surface area contributed by atoms with E-state index in [1.165, 1.54) is 61.3 Å². The average molecular weight is 477 g/mol. The number of benzene rings is 2. The van der Waals surface area contributed by atoms with E-state index in [2.05, 4.69) is 9.46 Å². The second-order valence-electron chi connectivity index (χ2n) is 6.58. The van der Waals surface area contributed by atoms with Gasteiger partial charge in [0.05, 0.1) is 17.5 Å². The molecule has 2 aromatic rings. The maximum Gasteiger partial charge on any atom is 0.387 e. The molecule has 31 heavy (non-hydrogen) atoms. The van der Waals surface area contributed by atoms with E-state index in [0.29, 0.717) is 10.6 Å². The molecule has 0 saturated carbocycles. The number of carbonyl (C=O) groups is 1. The van der Waals surface area contributed by atoms with Crippen LogP contribution in [0.2, 0.25) is 5.02 Å². The minimum absolute atomic E-state index is 0.0184. The summed E-state index contributed by atoms with van der Waals surface area (Å²) in [5.74, 6) is -0.472. The van der Waals surface area contributed by atoms with Crippen molar-refractivity contribution >= 4 is 27.5 Å². The quantitative estimate of drug-likeness (QED) is 0.565. The Hall–Kier alpha value is -2.43. The lowest BCUT2D eigenvalue weighted by Crippen LogP contribution is -2.45. The van der Waals surface area contributed by atoms with E-state index in [4.69, 9.17) is 16.3 Å². The van der Waals surface area contributed by atoms with Crippen molar-refractivity contribution in [1.82, 2.24) is 9.62 Å². The lowest BCUT2D eigenvalue weighted by atomic mass is 10.2. The Morgan fingerprint density at radius 3 is 2.39 bits per heavy atom. The van der Waals surface area contributed by atoms with Gasteiger partial charge in [0, 0.05) is 18.6 Å². The molecule has 0 unspecified atom stereocenters. The van der Waals surface area contributed by atoms with Crippen LogP contribution in [-0.4, -0.2) is 45.5 Å². The third-order valence-electron chi connectivity index (χ3n) is 4.15. The maximum atomic E-state index is 12.7. The Morgan fingerprint density at radius 1 is 1.16 bits per heavy atom. The first kappa shape index (κ1) is 24.8. The second kappa shape index (κ2) is 10.7. The van der Waals surface area contributed by atoms with Gasteiger partial charge in [0.1, 0.15) is 0 Å². The summed E-state index contributed by atoms with van der Waals surface area (Å²) in [7, 11) is -2.42. The number of sulfonamides is 1. The molecule has 0 aromatic heterocycles. The molecule has 1 amide bonds. The molecule has 0 aliphatic rings. The summed E-state index contributed by atoms with van der Waals surface area (Å²) in [5, 5.41) is 0.388. The van der Waals surface area contributed by atoms with Crippen molar-refractivity contribution in [3.05, 3.63) is 53.1 Å². The molecule has 0 saturated heterocycles. The van der Waals surface area contributed by atoms with Gasteiger partial charge in [0.25, 0.3) is 0 Å². The molecule has 0 radical (unpaired) electrons. The highest BCUT2D eigenvalue weighted by Gasteiger charge is 2.24. The Balaban J connectivity index is 2.08. The highest BCUT2D eigenvalue weighted by molar-refractivity contribution is 7.89. The number of nitrogens with one attached hydrogen (secondary N) is 1. The molecular weight excluding hydrogens is 454 g/mol. The standard InChI is InChI=1S/C20H23ClF2N2O5S/c1-4-29-18-11-14(5-10-17(18)30-20(22)23)12-25(3)19(26)13(2)24-31(27,28)16-8-6-15(21)7-9-16/h5-11,13,20,24H,4,12H2,1-3H3/t13-/m0/s1. The summed E-state index contributed by atoms with van der Waals surface area (Å²) in [6.45, 7) is 0.465. The van der Waals surface area contributed by atoms with Crippen molar-refractivity contribution in [3.8, 4) is 11.5 Å². The van der Waals surface area contributed by atoms with E-state index in [-0.39, 0.29) is 29.5 Å². The van der Waals surface area contributed by atoms with Crippen molar-refractivity contribution in [2.75, 3.05) is 13.7 Å². The van der Waals surface area contributed by atoms with Gasteiger partial charge in [0.15, 0.2) is 11.5 Å². The number of alkyl halides is 2. The van der Waals surface area contributed by atoms with E-state index in [0.717, 1.165) is 0 Å². The van der Waals surface area contributed by atoms with E-state index in [1.807, 2.05) is 0 Å². The number of ether oxygens (including phenoxy) is 2. The Kier molecular flexibility index (Phi) is 8.60. The Bertz CT molecular complexity index is 1000. The third kappa shape index (κ3) is 7.05. The second-order valence-corrected chi connectivity index (χ2v) is 8.73. The monoisotopic (exact) mass is 476 g/mol. The normalized spacial score (nSPS) is 12.5. The number of likely N-dealkylation sites (N-methyl/N-ethyl adjacent to an activating group) is 1. The van der Waals surface area contributed by atoms with Crippen LogP contribution >= 0.6 is 11.6 Å². The summed E-state index contributed by atoms with van der Waals surface area (Å²) in [6.07, 6.45) is 0. The first-order valence-corrected chi connectivity index (χ1v) is 11.1. The maximum absolute atomic E-state index is 12.7. The van der Waals surface area contributed by atoms with Crippen LogP contribution in [-0.2, 0) is 21.4 Å². The number of hydrogen-bond acceptors (Lipinski definition) is 5. The predicted octanol–water partition coefficient (Wildman–Crippen LogP) is 3.67. The largest absolute Gasteiger partial charge is 0.490 e. The van der Waals surface area contributed by atoms with Gasteiger partial charge in [-0.2, -0.15) is 13.5 Å². The molecule has 0 heterocycles. The van der Waals surface area contributed by atoms with Crippen molar-refractivity contribution in [1.29, 1.82) is 0 Å². The molecule has 170 valence electrons. The zero-order chi connectivity index (χ0) is 23.2. The molecule has 0 spiro atoms. The summed E-state index contributed by atoms with van der Waals surface area (Å²) in [5.41, 5.74) is 0.591. The van der Waals surface area contributed by atoms with Crippen molar-refractivity contribution in [2.24, 2.45) is 0 Å². The number of halogens is 3. The van der Waals surface area contributed by atoms with E-state index >= 15 is 0 Å². The first-order chi connectivity index (χ1) is 14.5. The summed E-state index contributed by atoms with van der Waals surface area (Å²) in [4.78, 5) is 14.0. The zero-order valence-corrected chi connectivity index (χ0v) is 18.7. The highest BCUT2D eigenvalue weighted by Crippen LogP contribution is 2.30. The molecule has 7 nitrogen and oxygen atoms in total. The van der Waals surface area contributed by atoms with Gasteiger partial charge in [-0.3, -0.25) is 4.79 Å². The molecule has 1 atom stereocenters. The fourth-order valence-corrected chi connectivity index (χ4v) is 4.08. The zero-order valence-electron chi connectivity index (χ0n) is 17.1. The van der Waals surface area contributed by atoms with Crippen LogP contribution in [0.25, 0.3) is 0 Å². The molecule has 2 aromatic carbocycles. The summed E-state index contributed by atoms with van der Waals surface area (Å²) >= 11 is 5.77. The fraction of sp³-hybridized carbons (Fsp3) is 0.350. The molecule has 0 fully saturated rings. The number of carbonyl (C=O) groups excluding carboxylic acids is 1. The van der Waals surface area contributed by atoms with E-state index < -0.39 is 28.6 Å². The van der Waals surface area contributed by atoms with Crippen molar-refractivity contribution < 1.29 is 31.5 Å². The lowest BCUT2D eigenvalue weighted by Gasteiger charge is -2.23. The summed E-state index contributed by atoms with van der Waals surface area (Å²) in [6, 6.07) is 8.85. The first-order valence-electron chi connectivity index (χ1n) is 9.27. The fourth-order valence-electron chi connectivity index (χ4n) is 2.76. The smallest absolute Gasteiger partial charge is 0.387 e. The van der Waals surface area contributed by atoms with Gasteiger partial charge >= 0.3 is 6.61 Å². The predicted molar refractivity (Wildman–Crippen MR) is 112 cm³/mol. The minimum Gasteiger partial charge on any atom is -0.490 e. The van der Waals surface area contributed by atoms with Crippen molar-refractivity contribution in [3.63, 3.8) is 0 Å². The molecule has 0 bridgehead atoms. The molecule has 0 aliphatic carbocycles. The Labute approximate surface area is 185 Å². The van der Waals surface area contributed by atoms with Gasteiger partial charge in [-0.05, 0) is 55.8 Å². The molecule has 11 heteroatoms. The van der Waals surface area contributed by atoms with Gasteiger partial charge in [-0.25, -0.2) is 8.42 Å². The molecule has 1 N–H and O–H groups in total. The van der Waals surface area contributed by atoms with Crippen LogP contribution < -0.4 is 14.2 Å². The number of hydrogen-bond donors (Lipinski definition) is 1. The SMILES string of the molecule is CCOc1cc(CN(C)C(=O)[C@H](C)NS(=O)(=O)c2ccc(Cl)cc2)ccc1OC(F)F. The molecule has 2 rings (SSSR count). The van der Waals surface area contributed by atoms with Gasteiger partial charge < -0.3 is 14.4 Å². The van der Waals surface area contributed by atoms with Crippen LogP contribution in [0.1, 0.15) is 19.4 Å². The van der Waals surface area contributed by atoms with Gasteiger partial charge in [-0.15, -0.1) is 0 Å². The Morgan fingerprint density at radius 2 is 1.81 bits per heavy atom. The third-order valence-corrected chi connectivity index (χ3v) is 5.95. The van der Waals surface area contributed by atoms with Crippen LogP contribution in [0, 0.1) is 0 Å². The highest BCUT2D eigenvalue weighted by atomic mass is 35.5. The molecular formula is C20H23ClF2N2O5S. The average Bonchev–Trinajstić information content (AvgIpc) is 2.69. The van der Waals surface area contributed by atoms with Crippen molar-refractivity contribution in [2.45, 2.75) is 37.9 Å². The van der Waals surface area contributed by atoms with E-state index in [9.17, 15) is 22.0 Å². The van der Waals surface area contributed by atoms with Crippen LogP contribution in [0.4, 0.5) is 8.78 Å². The van der Waals surface area contributed by atoms with Gasteiger partial charge in [0.2, 0.25) is 15.9 Å². The minimum atomic E-state index is -3.92. The number of amides is 1. The topological polar surface area (TPSA) is 84.9 Å². The van der Waals surface area contributed by atoms with Gasteiger partial charge in [-0.1, -0.05) is 17.7 Å². The van der Waals surface area contributed by atoms with Crippen LogP contribution in [0.15, 0.2) is 47.4 Å². The number of nitrogens with zero attached hydrogens (tertiary/aromatic N) is 1. The summed E-state index contributed by atoms with van der Waals surface area (Å²) < 4.78 is 62.1. The molecule has 0 aliphatic heterocycles. The number of rotatable bonds is 10. The van der Waals surface area contributed by atoms with Crippen LogP contribution in [0.3, 0.4) is 0 Å².